The lowest BCUT2D eigenvalue weighted by atomic mass is 10.1. The number of benzene rings is 1. The number of rotatable bonds is 2. The predicted octanol–water partition coefficient (Wildman–Crippen LogP) is 3.32. The summed E-state index contributed by atoms with van der Waals surface area (Å²) in [5, 5.41) is 9.64. The summed E-state index contributed by atoms with van der Waals surface area (Å²) >= 11 is 0. The average molecular weight is 200 g/mol. The maximum absolute atomic E-state index is 4.23. The van der Waals surface area contributed by atoms with E-state index in [2.05, 4.69) is 49.2 Å². The quantitative estimate of drug-likeness (QED) is 0.743. The van der Waals surface area contributed by atoms with Crippen LogP contribution in [0.5, 0.6) is 0 Å². The third kappa shape index (κ3) is 1.99. The Kier molecular flexibility index (Phi) is 2.67. The Bertz CT molecular complexity index is 475. The van der Waals surface area contributed by atoms with Crippen LogP contribution in [0.15, 0.2) is 24.3 Å². The Hall–Kier alpha value is -1.44. The number of hydrogen-bond acceptors (Lipinski definition) is 2. The molecule has 2 heteroatoms. The molecule has 0 saturated heterocycles. The maximum Gasteiger partial charge on any atom is 0.0930 e. The van der Waals surface area contributed by atoms with Gasteiger partial charge in [-0.3, -0.25) is 0 Å². The summed E-state index contributed by atoms with van der Waals surface area (Å²) in [5.41, 5.74) is 3.40. The number of nitrogens with zero attached hydrogens (tertiary/aromatic N) is 2. The molecule has 0 bridgehead atoms. The van der Waals surface area contributed by atoms with E-state index in [4.69, 9.17) is 0 Å². The Morgan fingerprint density at radius 2 is 1.93 bits per heavy atom. The molecular weight excluding hydrogens is 184 g/mol. The fourth-order valence-corrected chi connectivity index (χ4v) is 1.61. The third-order valence-electron chi connectivity index (χ3n) is 2.67. The highest BCUT2D eigenvalue weighted by Gasteiger charge is 2.03. The monoisotopic (exact) mass is 200 g/mol. The van der Waals surface area contributed by atoms with Crippen molar-refractivity contribution >= 4 is 10.9 Å². The van der Waals surface area contributed by atoms with Crippen molar-refractivity contribution in [2.24, 2.45) is 0 Å². The van der Waals surface area contributed by atoms with Gasteiger partial charge in [0.2, 0.25) is 0 Å². The first-order chi connectivity index (χ1) is 7.20. The van der Waals surface area contributed by atoms with Gasteiger partial charge in [0.15, 0.2) is 0 Å². The molecule has 2 rings (SSSR count). The normalized spacial score (nSPS) is 11.2. The Labute approximate surface area is 90.3 Å². The van der Waals surface area contributed by atoms with Gasteiger partial charge in [-0.05, 0) is 36.1 Å². The molecule has 1 heterocycles. The van der Waals surface area contributed by atoms with Crippen molar-refractivity contribution in [3.05, 3.63) is 35.5 Å². The summed E-state index contributed by atoms with van der Waals surface area (Å²) in [5.74, 6) is 0.437. The van der Waals surface area contributed by atoms with Gasteiger partial charge in [-0.1, -0.05) is 26.8 Å². The molecule has 0 N–H and O–H groups in total. The van der Waals surface area contributed by atoms with Crippen molar-refractivity contribution < 1.29 is 0 Å². The molecule has 78 valence electrons. The van der Waals surface area contributed by atoms with Crippen LogP contribution in [-0.2, 0) is 6.42 Å². The molecule has 15 heavy (non-hydrogen) atoms. The van der Waals surface area contributed by atoms with Crippen molar-refractivity contribution in [2.45, 2.75) is 33.1 Å². The zero-order chi connectivity index (χ0) is 10.8. The van der Waals surface area contributed by atoms with E-state index in [0.29, 0.717) is 5.92 Å². The summed E-state index contributed by atoms with van der Waals surface area (Å²) in [7, 11) is 0. The van der Waals surface area contributed by atoms with Crippen molar-refractivity contribution in [3.63, 3.8) is 0 Å². The van der Waals surface area contributed by atoms with Crippen molar-refractivity contribution in [1.82, 2.24) is 10.2 Å². The minimum atomic E-state index is 0.437. The van der Waals surface area contributed by atoms with E-state index in [0.717, 1.165) is 17.6 Å². The maximum atomic E-state index is 4.23. The van der Waals surface area contributed by atoms with Crippen LogP contribution in [-0.4, -0.2) is 10.2 Å². The van der Waals surface area contributed by atoms with E-state index in [-0.39, 0.29) is 0 Å². The van der Waals surface area contributed by atoms with Crippen LogP contribution >= 0.6 is 0 Å². The Morgan fingerprint density at radius 1 is 1.13 bits per heavy atom. The molecule has 0 aliphatic rings. The first-order valence-corrected chi connectivity index (χ1v) is 5.47. The minimum Gasteiger partial charge on any atom is -0.155 e. The van der Waals surface area contributed by atoms with E-state index < -0.39 is 0 Å². The summed E-state index contributed by atoms with van der Waals surface area (Å²) in [6.45, 7) is 6.44. The van der Waals surface area contributed by atoms with Crippen molar-refractivity contribution in [3.8, 4) is 0 Å². The molecule has 0 spiro atoms. The summed E-state index contributed by atoms with van der Waals surface area (Å²) < 4.78 is 0. The predicted molar refractivity (Wildman–Crippen MR) is 63.0 cm³/mol. The van der Waals surface area contributed by atoms with Crippen LogP contribution in [0.1, 0.15) is 37.9 Å². The summed E-state index contributed by atoms with van der Waals surface area (Å²) in [6, 6.07) is 8.51. The van der Waals surface area contributed by atoms with Gasteiger partial charge in [-0.25, -0.2) is 0 Å². The molecule has 1 aromatic heterocycles. The Balaban J connectivity index is 2.57. The van der Waals surface area contributed by atoms with Gasteiger partial charge >= 0.3 is 0 Å². The summed E-state index contributed by atoms with van der Waals surface area (Å²) in [6.07, 6.45) is 1.06. The molecule has 0 atom stereocenters. The van der Waals surface area contributed by atoms with Gasteiger partial charge < -0.3 is 0 Å². The van der Waals surface area contributed by atoms with Crippen LogP contribution in [0, 0.1) is 0 Å². The van der Waals surface area contributed by atoms with Crippen molar-refractivity contribution in [2.75, 3.05) is 0 Å². The lowest BCUT2D eigenvalue weighted by molar-refractivity contribution is 0.794. The van der Waals surface area contributed by atoms with Gasteiger partial charge in [0, 0.05) is 5.39 Å². The van der Waals surface area contributed by atoms with Crippen LogP contribution < -0.4 is 0 Å². The number of hydrogen-bond donors (Lipinski definition) is 0. The lowest BCUT2D eigenvalue weighted by Gasteiger charge is -2.05. The van der Waals surface area contributed by atoms with Crippen LogP contribution in [0.4, 0.5) is 0 Å². The number of aryl methyl sites for hydroxylation is 1. The second-order valence-corrected chi connectivity index (χ2v) is 4.17. The third-order valence-corrected chi connectivity index (χ3v) is 2.67. The van der Waals surface area contributed by atoms with E-state index >= 15 is 0 Å². The van der Waals surface area contributed by atoms with E-state index in [9.17, 15) is 0 Å². The van der Waals surface area contributed by atoms with Gasteiger partial charge in [-0.2, -0.15) is 10.2 Å². The molecule has 0 aliphatic heterocycles. The first kappa shape index (κ1) is 10.1. The molecule has 0 fully saturated rings. The average Bonchev–Trinajstić information content (AvgIpc) is 2.27. The second kappa shape index (κ2) is 3.97. The SMILES string of the molecule is CCc1ccc2nnc(C(C)C)cc2c1. The highest BCUT2D eigenvalue weighted by molar-refractivity contribution is 5.79. The number of fused-ring (bicyclic) bond motifs is 1. The molecule has 2 aromatic rings. The molecule has 0 radical (unpaired) electrons. The van der Waals surface area contributed by atoms with Gasteiger partial charge in [0.1, 0.15) is 0 Å². The molecule has 2 nitrogen and oxygen atoms in total. The fraction of sp³-hybridized carbons (Fsp3) is 0.385. The van der Waals surface area contributed by atoms with E-state index in [1.807, 2.05) is 6.07 Å². The van der Waals surface area contributed by atoms with Gasteiger partial charge in [0.05, 0.1) is 11.2 Å². The highest BCUT2D eigenvalue weighted by atomic mass is 15.1. The first-order valence-electron chi connectivity index (χ1n) is 5.47. The molecule has 0 unspecified atom stereocenters. The van der Waals surface area contributed by atoms with Gasteiger partial charge in [0.25, 0.3) is 0 Å². The van der Waals surface area contributed by atoms with Crippen LogP contribution in [0.3, 0.4) is 0 Å². The highest BCUT2D eigenvalue weighted by Crippen LogP contribution is 2.18. The van der Waals surface area contributed by atoms with Crippen molar-refractivity contribution in [1.29, 1.82) is 0 Å². The zero-order valence-corrected chi connectivity index (χ0v) is 9.49. The molecule has 0 saturated carbocycles. The number of aromatic nitrogens is 2. The zero-order valence-electron chi connectivity index (χ0n) is 9.49. The molecular formula is C13H16N2. The standard InChI is InChI=1S/C13H16N2/c1-4-10-5-6-12-11(7-10)8-13(9(2)3)15-14-12/h5-9H,4H2,1-3H3. The van der Waals surface area contributed by atoms with Gasteiger partial charge in [-0.15, -0.1) is 0 Å². The topological polar surface area (TPSA) is 25.8 Å². The van der Waals surface area contributed by atoms with Crippen LogP contribution in [0.2, 0.25) is 0 Å². The Morgan fingerprint density at radius 3 is 2.60 bits per heavy atom. The summed E-state index contributed by atoms with van der Waals surface area (Å²) in [4.78, 5) is 0. The molecule has 0 aliphatic carbocycles. The van der Waals surface area contributed by atoms with E-state index in [1.165, 1.54) is 10.9 Å². The fourth-order valence-electron chi connectivity index (χ4n) is 1.61. The second-order valence-electron chi connectivity index (χ2n) is 4.17. The smallest absolute Gasteiger partial charge is 0.0930 e. The van der Waals surface area contributed by atoms with Crippen LogP contribution in [0.25, 0.3) is 10.9 Å². The molecule has 1 aromatic carbocycles. The lowest BCUT2D eigenvalue weighted by Crippen LogP contribution is -1.95. The van der Waals surface area contributed by atoms with E-state index in [1.54, 1.807) is 0 Å². The minimum absolute atomic E-state index is 0.437. The largest absolute Gasteiger partial charge is 0.155 e. The molecule has 0 amide bonds.